The van der Waals surface area contributed by atoms with E-state index in [0.717, 1.165) is 4.88 Å². The molecule has 0 aromatic carbocycles. The number of nitrogens with zero attached hydrogens (tertiary/aromatic N) is 1. The van der Waals surface area contributed by atoms with Crippen molar-refractivity contribution < 1.29 is 12.8 Å². The fourth-order valence-electron chi connectivity index (χ4n) is 1.72. The van der Waals surface area contributed by atoms with Crippen molar-refractivity contribution in [2.45, 2.75) is 36.9 Å². The molecule has 2 heterocycles. The summed E-state index contributed by atoms with van der Waals surface area (Å²) >= 11 is 1.33. The average molecular weight is 313 g/mol. The Labute approximate surface area is 124 Å². The molecule has 6 heteroatoms. The number of sulfonamides is 1. The van der Waals surface area contributed by atoms with E-state index in [9.17, 15) is 8.42 Å². The van der Waals surface area contributed by atoms with Crippen LogP contribution in [0.5, 0.6) is 0 Å². The van der Waals surface area contributed by atoms with Gasteiger partial charge in [0, 0.05) is 11.9 Å². The molecule has 4 nitrogen and oxygen atoms in total. The van der Waals surface area contributed by atoms with Gasteiger partial charge in [-0.05, 0) is 29.7 Å². The first-order valence-electron chi connectivity index (χ1n) is 6.30. The Balaban J connectivity index is 2.24. The minimum Gasteiger partial charge on any atom is -0.468 e. The van der Waals surface area contributed by atoms with Crippen molar-refractivity contribution in [3.8, 4) is 0 Å². The molecule has 2 aromatic heterocycles. The van der Waals surface area contributed by atoms with Crippen molar-refractivity contribution in [2.75, 3.05) is 7.05 Å². The number of thiophene rings is 1. The van der Waals surface area contributed by atoms with Crippen LogP contribution in [0.4, 0.5) is 0 Å². The highest BCUT2D eigenvalue weighted by atomic mass is 32.2. The molecule has 0 bridgehead atoms. The maximum absolute atomic E-state index is 12.5. The second kappa shape index (κ2) is 5.35. The van der Waals surface area contributed by atoms with Gasteiger partial charge in [0.15, 0.2) is 0 Å². The van der Waals surface area contributed by atoms with E-state index in [-0.39, 0.29) is 12.0 Å². The smallest absolute Gasteiger partial charge is 0.252 e. The van der Waals surface area contributed by atoms with Crippen LogP contribution in [0.3, 0.4) is 0 Å². The molecule has 0 amide bonds. The van der Waals surface area contributed by atoms with Crippen LogP contribution >= 0.6 is 11.3 Å². The van der Waals surface area contributed by atoms with Gasteiger partial charge in [0.2, 0.25) is 0 Å². The predicted octanol–water partition coefficient (Wildman–Crippen LogP) is 3.46. The third-order valence-electron chi connectivity index (χ3n) is 2.94. The van der Waals surface area contributed by atoms with Crippen LogP contribution in [-0.4, -0.2) is 19.8 Å². The zero-order valence-electron chi connectivity index (χ0n) is 12.1. The summed E-state index contributed by atoms with van der Waals surface area (Å²) in [4.78, 5) is 1.06. The summed E-state index contributed by atoms with van der Waals surface area (Å²) in [5.74, 6) is 0.628. The van der Waals surface area contributed by atoms with Gasteiger partial charge in [-0.1, -0.05) is 20.8 Å². The van der Waals surface area contributed by atoms with E-state index in [4.69, 9.17) is 4.42 Å². The van der Waals surface area contributed by atoms with Crippen molar-refractivity contribution in [1.29, 1.82) is 0 Å². The highest BCUT2D eigenvalue weighted by molar-refractivity contribution is 7.91. The second-order valence-corrected chi connectivity index (χ2v) is 9.06. The first kappa shape index (κ1) is 15.3. The van der Waals surface area contributed by atoms with E-state index in [2.05, 4.69) is 20.8 Å². The molecule has 0 aliphatic carbocycles. The summed E-state index contributed by atoms with van der Waals surface area (Å²) in [6.45, 7) is 6.45. The van der Waals surface area contributed by atoms with Gasteiger partial charge in [0.1, 0.15) is 9.97 Å². The molecule has 0 aliphatic rings. The molecule has 0 atom stereocenters. The van der Waals surface area contributed by atoms with Gasteiger partial charge in [-0.15, -0.1) is 11.3 Å². The van der Waals surface area contributed by atoms with Crippen molar-refractivity contribution in [1.82, 2.24) is 4.31 Å². The van der Waals surface area contributed by atoms with Gasteiger partial charge in [-0.3, -0.25) is 0 Å². The Morgan fingerprint density at radius 3 is 2.45 bits per heavy atom. The monoisotopic (exact) mass is 313 g/mol. The summed E-state index contributed by atoms with van der Waals surface area (Å²) in [5.41, 5.74) is -0.0436. The van der Waals surface area contributed by atoms with Crippen LogP contribution in [-0.2, 0) is 22.0 Å². The summed E-state index contributed by atoms with van der Waals surface area (Å²) in [6.07, 6.45) is 1.54. The number of hydrogen-bond donors (Lipinski definition) is 0. The number of hydrogen-bond acceptors (Lipinski definition) is 4. The molecule has 0 radical (unpaired) electrons. The standard InChI is InChI=1S/C14H19NO3S2/c1-14(2,3)12-7-8-13(19-12)20(16,17)15(4)10-11-6-5-9-18-11/h5-9H,10H2,1-4H3. The van der Waals surface area contributed by atoms with E-state index >= 15 is 0 Å². The fraction of sp³-hybridized carbons (Fsp3) is 0.429. The maximum atomic E-state index is 12.5. The van der Waals surface area contributed by atoms with Crippen LogP contribution < -0.4 is 0 Å². The van der Waals surface area contributed by atoms with Crippen molar-refractivity contribution in [3.05, 3.63) is 41.2 Å². The van der Waals surface area contributed by atoms with Crippen LogP contribution in [0, 0.1) is 0 Å². The molecular formula is C14H19NO3S2. The lowest BCUT2D eigenvalue weighted by Crippen LogP contribution is -2.25. The number of furan rings is 1. The zero-order chi connectivity index (χ0) is 15.0. The molecule has 0 saturated carbocycles. The molecule has 20 heavy (non-hydrogen) atoms. The van der Waals surface area contributed by atoms with E-state index in [1.165, 1.54) is 15.6 Å². The first-order valence-corrected chi connectivity index (χ1v) is 8.56. The molecule has 0 unspecified atom stereocenters. The van der Waals surface area contributed by atoms with Gasteiger partial charge >= 0.3 is 0 Å². The molecule has 2 aromatic rings. The Morgan fingerprint density at radius 2 is 1.95 bits per heavy atom. The third kappa shape index (κ3) is 3.13. The van der Waals surface area contributed by atoms with Gasteiger partial charge in [-0.25, -0.2) is 8.42 Å². The van der Waals surface area contributed by atoms with Crippen molar-refractivity contribution >= 4 is 21.4 Å². The molecule has 110 valence electrons. The molecule has 0 N–H and O–H groups in total. The molecule has 2 rings (SSSR count). The molecule has 0 saturated heterocycles. The minimum atomic E-state index is -3.46. The average Bonchev–Trinajstić information content (AvgIpc) is 2.98. The normalized spacial score (nSPS) is 13.1. The van der Waals surface area contributed by atoms with Crippen molar-refractivity contribution in [2.24, 2.45) is 0 Å². The quantitative estimate of drug-likeness (QED) is 0.868. The largest absolute Gasteiger partial charge is 0.468 e. The zero-order valence-corrected chi connectivity index (χ0v) is 13.7. The summed E-state index contributed by atoms with van der Waals surface area (Å²) < 4.78 is 31.9. The van der Waals surface area contributed by atoms with Crippen LogP contribution in [0.1, 0.15) is 31.4 Å². The first-order chi connectivity index (χ1) is 9.21. The highest BCUT2D eigenvalue weighted by Gasteiger charge is 2.26. The fourth-order valence-corrected chi connectivity index (χ4v) is 4.43. The topological polar surface area (TPSA) is 50.5 Å². The summed E-state index contributed by atoms with van der Waals surface area (Å²) in [6, 6.07) is 7.08. The Hall–Kier alpha value is -1.11. The number of rotatable bonds is 4. The molecule has 0 fully saturated rings. The van der Waals surface area contributed by atoms with E-state index < -0.39 is 10.0 Å². The van der Waals surface area contributed by atoms with Gasteiger partial charge < -0.3 is 4.42 Å². The van der Waals surface area contributed by atoms with Gasteiger partial charge in [-0.2, -0.15) is 4.31 Å². The summed E-state index contributed by atoms with van der Waals surface area (Å²) in [7, 11) is -1.90. The Kier molecular flexibility index (Phi) is 4.09. The van der Waals surface area contributed by atoms with Gasteiger partial charge in [0.05, 0.1) is 12.8 Å². The third-order valence-corrected chi connectivity index (χ3v) is 6.73. The SMILES string of the molecule is CN(Cc1ccco1)S(=O)(=O)c1ccc(C(C)(C)C)s1. The lowest BCUT2D eigenvalue weighted by Gasteiger charge is -2.16. The highest BCUT2D eigenvalue weighted by Crippen LogP contribution is 2.33. The van der Waals surface area contributed by atoms with E-state index in [1.807, 2.05) is 6.07 Å². The minimum absolute atomic E-state index is 0.0436. The van der Waals surface area contributed by atoms with Gasteiger partial charge in [0.25, 0.3) is 10.0 Å². The van der Waals surface area contributed by atoms with Crippen molar-refractivity contribution in [3.63, 3.8) is 0 Å². The molecule has 0 spiro atoms. The molecular weight excluding hydrogens is 294 g/mol. The van der Waals surface area contributed by atoms with Crippen LogP contribution in [0.25, 0.3) is 0 Å². The maximum Gasteiger partial charge on any atom is 0.252 e. The van der Waals surface area contributed by atoms with E-state index in [1.54, 1.807) is 31.5 Å². The predicted molar refractivity (Wildman–Crippen MR) is 80.4 cm³/mol. The van der Waals surface area contributed by atoms with E-state index in [0.29, 0.717) is 9.97 Å². The van der Waals surface area contributed by atoms with Crippen LogP contribution in [0.15, 0.2) is 39.2 Å². The summed E-state index contributed by atoms with van der Waals surface area (Å²) in [5, 5.41) is 0. The lowest BCUT2D eigenvalue weighted by atomic mass is 9.95. The Morgan fingerprint density at radius 1 is 1.25 bits per heavy atom. The second-order valence-electron chi connectivity index (χ2n) is 5.71. The molecule has 0 aliphatic heterocycles. The lowest BCUT2D eigenvalue weighted by molar-refractivity contribution is 0.407. The Bertz CT molecular complexity index is 664. The van der Waals surface area contributed by atoms with Crippen LogP contribution in [0.2, 0.25) is 0 Å².